The summed E-state index contributed by atoms with van der Waals surface area (Å²) in [4.78, 5) is 65.4. The minimum absolute atomic E-state index is 0.107. The Morgan fingerprint density at radius 2 is 1.01 bits per heavy atom. The molecule has 8 heterocycles. The van der Waals surface area contributed by atoms with E-state index < -0.39 is 32.3 Å². The molecule has 444 valence electrons. The number of nitrogens with two attached hydrogens (primary N) is 1. The van der Waals surface area contributed by atoms with Crippen LogP contribution in [0, 0.1) is 11.8 Å². The van der Waals surface area contributed by atoms with Crippen LogP contribution in [0.3, 0.4) is 0 Å². The maximum atomic E-state index is 13.9. The molecule has 6 aromatic rings. The van der Waals surface area contributed by atoms with Gasteiger partial charge in [0.05, 0.1) is 55.2 Å². The molecule has 23 heteroatoms. The molecule has 2 atom stereocenters. The van der Waals surface area contributed by atoms with Gasteiger partial charge in [0.2, 0.25) is 11.8 Å². The minimum atomic E-state index is -3.95. The summed E-state index contributed by atoms with van der Waals surface area (Å²) in [5.74, 6) is -1.09. The van der Waals surface area contributed by atoms with E-state index in [0.717, 1.165) is 103 Å². The van der Waals surface area contributed by atoms with Crippen LogP contribution < -0.4 is 9.86 Å². The average molecular weight is 1180 g/mol. The van der Waals surface area contributed by atoms with Gasteiger partial charge in [-0.2, -0.15) is 25.4 Å². The lowest BCUT2D eigenvalue weighted by Gasteiger charge is -2.30. The highest BCUT2D eigenvalue weighted by Crippen LogP contribution is 2.49. The number of carboxylic acids is 1. The van der Waals surface area contributed by atoms with Gasteiger partial charge in [0.1, 0.15) is 0 Å². The molecule has 4 fully saturated rings. The quantitative estimate of drug-likeness (QED) is 0.139. The summed E-state index contributed by atoms with van der Waals surface area (Å²) in [6.45, 7) is 5.62. The number of morpholine rings is 2. The summed E-state index contributed by atoms with van der Waals surface area (Å²) in [6, 6.07) is 15.0. The summed E-state index contributed by atoms with van der Waals surface area (Å²) in [6.07, 6.45) is 20.4. The van der Waals surface area contributed by atoms with E-state index in [1.807, 2.05) is 46.6 Å². The summed E-state index contributed by atoms with van der Waals surface area (Å²) in [5.41, 5.74) is 11.4. The first kappa shape index (κ1) is 59.6. The number of aromatic carboxylic acids is 1. The van der Waals surface area contributed by atoms with Gasteiger partial charge >= 0.3 is 16.2 Å². The largest absolute Gasteiger partial charge is 0.478 e. The Morgan fingerprint density at radius 3 is 1.41 bits per heavy atom. The molecule has 21 nitrogen and oxygen atoms in total. The number of benzene rings is 2. The van der Waals surface area contributed by atoms with Crippen LogP contribution >= 0.6 is 0 Å². The number of carbonyl (C=O) groups is 4. The summed E-state index contributed by atoms with van der Waals surface area (Å²) in [5, 5.41) is 16.5. The van der Waals surface area contributed by atoms with Crippen LogP contribution in [0.1, 0.15) is 119 Å². The number of nitrogens with one attached hydrogen (secondary N) is 1. The van der Waals surface area contributed by atoms with Crippen LogP contribution in [0.15, 0.2) is 73.3 Å². The van der Waals surface area contributed by atoms with E-state index in [2.05, 4.69) is 35.0 Å². The Kier molecular flexibility index (Phi) is 18.2. The molecule has 4 aromatic heterocycles. The number of amides is 3. The summed E-state index contributed by atoms with van der Waals surface area (Å²) < 4.78 is 64.3. The van der Waals surface area contributed by atoms with Crippen molar-refractivity contribution in [1.82, 2.24) is 42.2 Å². The van der Waals surface area contributed by atoms with Crippen molar-refractivity contribution in [2.24, 2.45) is 17.0 Å². The second kappa shape index (κ2) is 25.3. The van der Waals surface area contributed by atoms with Crippen molar-refractivity contribution in [3.8, 4) is 22.5 Å². The number of hydrogen-bond donors (Lipinski definition) is 3. The first-order chi connectivity index (χ1) is 39.8. The number of ether oxygens (including phenoxy) is 2. The molecular weight excluding hydrogens is 1100 g/mol. The molecular formula is C60H76N10O11S2. The lowest BCUT2D eigenvalue weighted by Crippen LogP contribution is -2.45. The van der Waals surface area contributed by atoms with Gasteiger partial charge in [-0.1, -0.05) is 50.7 Å². The maximum absolute atomic E-state index is 13.9. The standard InChI is InChI=1S/C30H37N5O5S.C28H31N3O4.C2H8N2O2S/c1-33(2)41(38,39)32-29(36)22-8-9-24-26(17-22)35-19-23(30(37)34-12-14-40-15-13-34)16-21-10-11-31-18-25(21)28(35)27(24)20-6-4-3-5-7-20;32-27(30-10-12-35-13-11-30)21-14-19-8-9-29-16-23(19)26-25(18-4-2-1-3-5-18)22-7-6-20(28(33)34)15-24(22)31(26)17-21;1-4(2)7(3,5)6/h8-11,17-18,20,23H,3-7,12-16,19H2,1-2H3,(H,32,36);6-9,15-16,18,21H,1-5,10-14,17H2,(H,33,34);1-2H3,(H2,3,5,6). The van der Waals surface area contributed by atoms with E-state index >= 15 is 0 Å². The topological polar surface area (TPSA) is 262 Å². The van der Waals surface area contributed by atoms with Gasteiger partial charge in [0, 0.05) is 131 Å². The first-order valence-electron chi connectivity index (χ1n) is 28.9. The fraction of sp³-hybridized carbons (Fsp3) is 0.500. The maximum Gasteiger partial charge on any atom is 0.335 e. The zero-order valence-corrected chi connectivity index (χ0v) is 49.4. The number of nitrogens with zero attached hydrogens (tertiary/aromatic N) is 8. The van der Waals surface area contributed by atoms with Gasteiger partial charge in [-0.25, -0.2) is 14.7 Å². The Balaban J connectivity index is 0.000000168. The predicted molar refractivity (Wildman–Crippen MR) is 315 cm³/mol. The Morgan fingerprint density at radius 1 is 0.602 bits per heavy atom. The van der Waals surface area contributed by atoms with Gasteiger partial charge in [-0.05, 0) is 109 Å². The molecule has 3 amide bonds. The monoisotopic (exact) mass is 1180 g/mol. The Hall–Kier alpha value is -6.60. The fourth-order valence-electron chi connectivity index (χ4n) is 13.0. The molecule has 0 bridgehead atoms. The van der Waals surface area contributed by atoms with E-state index in [0.29, 0.717) is 90.4 Å². The van der Waals surface area contributed by atoms with Gasteiger partial charge in [0.25, 0.3) is 16.1 Å². The van der Waals surface area contributed by atoms with Gasteiger partial charge in [0.15, 0.2) is 0 Å². The second-order valence-electron chi connectivity index (χ2n) is 23.0. The molecule has 83 heavy (non-hydrogen) atoms. The van der Waals surface area contributed by atoms with Crippen LogP contribution in [0.2, 0.25) is 0 Å². The van der Waals surface area contributed by atoms with E-state index in [1.165, 1.54) is 65.0 Å². The third-order valence-electron chi connectivity index (χ3n) is 17.4. The summed E-state index contributed by atoms with van der Waals surface area (Å²) in [7, 11) is -1.87. The van der Waals surface area contributed by atoms with Crippen molar-refractivity contribution in [2.45, 2.75) is 102 Å². The highest BCUT2D eigenvalue weighted by molar-refractivity contribution is 7.87. The van der Waals surface area contributed by atoms with E-state index in [4.69, 9.17) is 9.47 Å². The Bertz CT molecular complexity index is 3630. The molecule has 2 saturated carbocycles. The zero-order valence-electron chi connectivity index (χ0n) is 47.8. The molecule has 0 radical (unpaired) electrons. The van der Waals surface area contributed by atoms with E-state index in [-0.39, 0.29) is 34.8 Å². The molecule has 6 aliphatic rings. The lowest BCUT2D eigenvalue weighted by molar-refractivity contribution is -0.140. The lowest BCUT2D eigenvalue weighted by atomic mass is 9.81. The van der Waals surface area contributed by atoms with Crippen LogP contribution in [0.4, 0.5) is 0 Å². The average Bonchev–Trinajstić information content (AvgIpc) is 1.72. The van der Waals surface area contributed by atoms with Gasteiger partial charge < -0.3 is 33.5 Å². The molecule has 2 unspecified atom stereocenters. The number of pyridine rings is 2. The molecule has 4 N–H and O–H groups in total. The van der Waals surface area contributed by atoms with Gasteiger partial charge in [-0.3, -0.25) is 24.4 Å². The van der Waals surface area contributed by atoms with Crippen LogP contribution in [-0.2, 0) is 65.4 Å². The number of hydrogen-bond acceptors (Lipinski definition) is 12. The van der Waals surface area contributed by atoms with Crippen molar-refractivity contribution in [2.75, 3.05) is 80.8 Å². The predicted octanol–water partition coefficient (Wildman–Crippen LogP) is 6.55. The third kappa shape index (κ3) is 12.8. The molecule has 12 rings (SSSR count). The number of carbonyl (C=O) groups excluding carboxylic acids is 3. The first-order valence-corrected chi connectivity index (χ1v) is 31.8. The van der Waals surface area contributed by atoms with E-state index in [9.17, 15) is 41.1 Å². The van der Waals surface area contributed by atoms with Crippen LogP contribution in [-0.4, -0.2) is 164 Å². The molecule has 2 saturated heterocycles. The Labute approximate surface area is 485 Å². The zero-order chi connectivity index (χ0) is 58.7. The fourth-order valence-corrected chi connectivity index (χ4v) is 13.5. The van der Waals surface area contributed by atoms with Crippen molar-refractivity contribution < 1.29 is 50.6 Å². The highest BCUT2D eigenvalue weighted by atomic mass is 32.2. The smallest absolute Gasteiger partial charge is 0.335 e. The van der Waals surface area contributed by atoms with Crippen molar-refractivity contribution in [3.63, 3.8) is 0 Å². The molecule has 4 aliphatic heterocycles. The van der Waals surface area contributed by atoms with Crippen molar-refractivity contribution in [3.05, 3.63) is 107 Å². The summed E-state index contributed by atoms with van der Waals surface area (Å²) >= 11 is 0. The SMILES string of the molecule is CN(C)S(=O)(=O)NC(=O)c1ccc2c(C3CCCCC3)c3n(c2c1)CC(C(=O)N1CCOCC1)Cc1ccncc1-3.CN(C)S(N)(=O)=O.O=C(O)c1ccc2c(C3CCCCC3)c3n(c2c1)CC(C(=O)N1CCOCC1)Cc1ccncc1-3. The normalized spacial score (nSPS) is 19.7. The molecule has 2 aromatic carbocycles. The number of rotatable bonds is 9. The van der Waals surface area contributed by atoms with Crippen molar-refractivity contribution in [1.29, 1.82) is 0 Å². The molecule has 0 spiro atoms. The molecule has 2 aliphatic carbocycles. The number of aromatic nitrogens is 4. The minimum Gasteiger partial charge on any atom is -0.478 e. The van der Waals surface area contributed by atoms with Crippen molar-refractivity contribution >= 4 is 65.9 Å². The van der Waals surface area contributed by atoms with Gasteiger partial charge in [-0.15, -0.1) is 0 Å². The van der Waals surface area contributed by atoms with Crippen LogP contribution in [0.5, 0.6) is 0 Å². The van der Waals surface area contributed by atoms with Crippen LogP contribution in [0.25, 0.3) is 44.3 Å². The highest BCUT2D eigenvalue weighted by Gasteiger charge is 2.38. The third-order valence-corrected chi connectivity index (χ3v) is 19.8. The number of carboxylic acid groups (broad SMARTS) is 1. The number of fused-ring (bicyclic) bond motifs is 10. The second-order valence-corrected chi connectivity index (χ2v) is 26.6. The van der Waals surface area contributed by atoms with E-state index in [1.54, 1.807) is 30.5 Å².